The third-order valence-corrected chi connectivity index (χ3v) is 9.17. The molecule has 0 bridgehead atoms. The number of rotatable bonds is 5. The van der Waals surface area contributed by atoms with E-state index >= 15 is 0 Å². The molecule has 7 nitrogen and oxygen atoms in total. The molecule has 1 spiro atoms. The molecule has 3 fully saturated rings. The van der Waals surface area contributed by atoms with Gasteiger partial charge < -0.3 is 19.4 Å². The van der Waals surface area contributed by atoms with Crippen LogP contribution < -0.4 is 5.32 Å². The lowest BCUT2D eigenvalue weighted by Gasteiger charge is -2.40. The Balaban J connectivity index is 1.02. The first-order valence-electron chi connectivity index (χ1n) is 13.4. The van der Waals surface area contributed by atoms with Gasteiger partial charge in [0, 0.05) is 36.7 Å². The second kappa shape index (κ2) is 8.84. The van der Waals surface area contributed by atoms with Crippen LogP contribution in [0, 0.1) is 17.8 Å². The number of fused-ring (bicyclic) bond motifs is 3. The number of likely N-dealkylation sites (tertiary alicyclic amines) is 1. The molecule has 3 aromatic rings. The van der Waals surface area contributed by atoms with Gasteiger partial charge in [-0.3, -0.25) is 9.59 Å². The molecule has 2 aliphatic carbocycles. The molecule has 3 heterocycles. The molecule has 7 rings (SSSR count). The second-order valence-electron chi connectivity index (χ2n) is 11.2. The molecule has 4 aliphatic rings. The van der Waals surface area contributed by atoms with Gasteiger partial charge in [0.2, 0.25) is 11.8 Å². The van der Waals surface area contributed by atoms with Gasteiger partial charge in [0.25, 0.3) is 0 Å². The Bertz CT molecular complexity index is 1320. The molecule has 2 amide bonds. The Labute approximate surface area is 216 Å². The van der Waals surface area contributed by atoms with Crippen LogP contribution >= 0.6 is 0 Å². The van der Waals surface area contributed by atoms with E-state index in [2.05, 4.69) is 39.5 Å². The topological polar surface area (TPSA) is 84.7 Å². The molecule has 1 N–H and O–H groups in total. The number of hydrogen-bond donors (Lipinski definition) is 1. The zero-order valence-corrected chi connectivity index (χ0v) is 20.8. The van der Waals surface area contributed by atoms with E-state index in [0.717, 1.165) is 56.8 Å². The number of nitrogens with one attached hydrogen (secondary N) is 1. The highest BCUT2D eigenvalue weighted by Gasteiger charge is 2.59. The SMILES string of the molecule is O=C(CC1CC2(CCN(C(=O)C3C4COCC43)CC2)c2ccccc21)Nc1cccc(-c2cnco2)c1. The summed E-state index contributed by atoms with van der Waals surface area (Å²) in [6, 6.07) is 16.3. The lowest BCUT2D eigenvalue weighted by molar-refractivity contribution is -0.135. The van der Waals surface area contributed by atoms with Gasteiger partial charge in [-0.05, 0) is 65.7 Å². The molecule has 2 saturated heterocycles. The zero-order chi connectivity index (χ0) is 25.0. The van der Waals surface area contributed by atoms with Crippen molar-refractivity contribution in [2.24, 2.45) is 17.8 Å². The standard InChI is InChI=1S/C30H31N3O4/c34-27(32-21-5-3-4-19(12-21)26-15-31-18-37-26)13-20-14-30(25-7-2-1-6-22(20)25)8-10-33(11-9-30)29(35)28-23-16-36-17-24(23)28/h1-7,12,15,18,20,23-24,28H,8-11,13-14,16-17H2,(H,32,34). The minimum atomic E-state index is 0.0154. The van der Waals surface area contributed by atoms with Crippen LogP contribution in [0.15, 0.2) is 65.5 Å². The number of anilines is 1. The Hall–Kier alpha value is -3.45. The molecule has 3 atom stereocenters. The lowest BCUT2D eigenvalue weighted by atomic mass is 9.73. The largest absolute Gasteiger partial charge is 0.444 e. The Morgan fingerprint density at radius 2 is 1.86 bits per heavy atom. The van der Waals surface area contributed by atoms with E-state index in [1.54, 1.807) is 6.20 Å². The molecule has 2 aliphatic heterocycles. The molecule has 7 heteroatoms. The monoisotopic (exact) mass is 497 g/mol. The first-order valence-corrected chi connectivity index (χ1v) is 13.4. The Morgan fingerprint density at radius 3 is 2.65 bits per heavy atom. The van der Waals surface area contributed by atoms with Crippen molar-refractivity contribution in [2.45, 2.75) is 37.0 Å². The highest BCUT2D eigenvalue weighted by atomic mass is 16.5. The first kappa shape index (κ1) is 22.7. The van der Waals surface area contributed by atoms with Crippen molar-refractivity contribution in [3.8, 4) is 11.3 Å². The normalized spacial score (nSPS) is 27.1. The van der Waals surface area contributed by atoms with Crippen LogP contribution in [-0.4, -0.2) is 48.0 Å². The summed E-state index contributed by atoms with van der Waals surface area (Å²) in [5.41, 5.74) is 4.35. The number of carbonyl (C=O) groups is 2. The van der Waals surface area contributed by atoms with Crippen molar-refractivity contribution in [2.75, 3.05) is 31.6 Å². The van der Waals surface area contributed by atoms with Crippen molar-refractivity contribution in [1.82, 2.24) is 9.88 Å². The van der Waals surface area contributed by atoms with E-state index in [4.69, 9.17) is 9.15 Å². The summed E-state index contributed by atoms with van der Waals surface area (Å²) in [6.45, 7) is 3.11. The van der Waals surface area contributed by atoms with Crippen molar-refractivity contribution >= 4 is 17.5 Å². The summed E-state index contributed by atoms with van der Waals surface area (Å²) in [6.07, 6.45) is 6.40. The number of oxazole rings is 1. The van der Waals surface area contributed by atoms with E-state index in [9.17, 15) is 9.59 Å². The minimum absolute atomic E-state index is 0.0154. The zero-order valence-electron chi connectivity index (χ0n) is 20.8. The molecule has 190 valence electrons. The van der Waals surface area contributed by atoms with Gasteiger partial charge in [0.15, 0.2) is 12.2 Å². The fourth-order valence-corrected chi connectivity index (χ4v) is 7.20. The predicted octanol–water partition coefficient (Wildman–Crippen LogP) is 4.61. The highest BCUT2D eigenvalue weighted by Crippen LogP contribution is 2.55. The maximum absolute atomic E-state index is 13.2. The molecule has 1 aromatic heterocycles. The maximum Gasteiger partial charge on any atom is 0.226 e. The van der Waals surface area contributed by atoms with E-state index in [0.29, 0.717) is 29.9 Å². The summed E-state index contributed by atoms with van der Waals surface area (Å²) in [5.74, 6) is 2.30. The molecule has 1 saturated carbocycles. The number of hydrogen-bond acceptors (Lipinski definition) is 5. The highest BCUT2D eigenvalue weighted by molar-refractivity contribution is 5.92. The quantitative estimate of drug-likeness (QED) is 0.557. The van der Waals surface area contributed by atoms with Gasteiger partial charge in [-0.25, -0.2) is 4.98 Å². The molecular formula is C30H31N3O4. The fourth-order valence-electron chi connectivity index (χ4n) is 7.20. The summed E-state index contributed by atoms with van der Waals surface area (Å²) >= 11 is 0. The third kappa shape index (κ3) is 3.96. The van der Waals surface area contributed by atoms with E-state index in [1.165, 1.54) is 17.5 Å². The molecule has 3 unspecified atom stereocenters. The molecular weight excluding hydrogens is 466 g/mol. The number of benzene rings is 2. The first-order chi connectivity index (χ1) is 18.1. The van der Waals surface area contributed by atoms with Gasteiger partial charge in [0.1, 0.15) is 0 Å². The maximum atomic E-state index is 13.2. The number of ether oxygens (including phenoxy) is 1. The van der Waals surface area contributed by atoms with Gasteiger partial charge >= 0.3 is 0 Å². The average Bonchev–Trinajstić information content (AvgIpc) is 3.35. The van der Waals surface area contributed by atoms with Crippen LogP contribution in [0.5, 0.6) is 0 Å². The van der Waals surface area contributed by atoms with Crippen molar-refractivity contribution in [1.29, 1.82) is 0 Å². The van der Waals surface area contributed by atoms with Crippen LogP contribution in [0.4, 0.5) is 5.69 Å². The number of piperidine rings is 1. The van der Waals surface area contributed by atoms with Crippen LogP contribution in [0.25, 0.3) is 11.3 Å². The van der Waals surface area contributed by atoms with Crippen LogP contribution in [0.2, 0.25) is 0 Å². The van der Waals surface area contributed by atoms with Gasteiger partial charge in [0.05, 0.1) is 19.4 Å². The number of nitrogens with zero attached hydrogens (tertiary/aromatic N) is 2. The van der Waals surface area contributed by atoms with Crippen LogP contribution in [0.1, 0.15) is 42.7 Å². The number of carbonyl (C=O) groups excluding carboxylic acids is 2. The number of amides is 2. The molecule has 0 radical (unpaired) electrons. The van der Waals surface area contributed by atoms with Crippen LogP contribution in [-0.2, 0) is 19.7 Å². The molecule has 2 aromatic carbocycles. The van der Waals surface area contributed by atoms with Gasteiger partial charge in [-0.15, -0.1) is 0 Å². The average molecular weight is 498 g/mol. The van der Waals surface area contributed by atoms with Crippen molar-refractivity contribution < 1.29 is 18.7 Å². The Morgan fingerprint density at radius 1 is 1.05 bits per heavy atom. The van der Waals surface area contributed by atoms with Crippen LogP contribution in [0.3, 0.4) is 0 Å². The van der Waals surface area contributed by atoms with Gasteiger partial charge in [-0.2, -0.15) is 0 Å². The van der Waals surface area contributed by atoms with Crippen molar-refractivity contribution in [3.63, 3.8) is 0 Å². The van der Waals surface area contributed by atoms with Crippen molar-refractivity contribution in [3.05, 3.63) is 72.2 Å². The second-order valence-corrected chi connectivity index (χ2v) is 11.2. The van der Waals surface area contributed by atoms with Gasteiger partial charge in [-0.1, -0.05) is 36.4 Å². The smallest absolute Gasteiger partial charge is 0.226 e. The van der Waals surface area contributed by atoms with E-state index in [1.807, 2.05) is 24.3 Å². The minimum Gasteiger partial charge on any atom is -0.444 e. The summed E-state index contributed by atoms with van der Waals surface area (Å²) in [4.78, 5) is 32.3. The lowest BCUT2D eigenvalue weighted by Crippen LogP contribution is -2.45. The summed E-state index contributed by atoms with van der Waals surface area (Å²) < 4.78 is 10.9. The predicted molar refractivity (Wildman–Crippen MR) is 138 cm³/mol. The third-order valence-electron chi connectivity index (χ3n) is 9.17. The fraction of sp³-hybridized carbons (Fsp3) is 0.433. The Kier molecular flexibility index (Phi) is 5.43. The molecule has 37 heavy (non-hydrogen) atoms. The summed E-state index contributed by atoms with van der Waals surface area (Å²) in [5, 5.41) is 3.09. The summed E-state index contributed by atoms with van der Waals surface area (Å²) in [7, 11) is 0. The van der Waals surface area contributed by atoms with E-state index in [-0.39, 0.29) is 23.2 Å². The number of aromatic nitrogens is 1. The van der Waals surface area contributed by atoms with E-state index < -0.39 is 0 Å².